The second-order valence-corrected chi connectivity index (χ2v) is 4.52. The molecule has 1 aromatic rings. The smallest absolute Gasteiger partial charge is 0.545 e. The number of piperazine rings is 1. The molecule has 1 fully saturated rings. The van der Waals surface area contributed by atoms with Crippen molar-refractivity contribution < 1.29 is 28.8 Å². The number of carbonyl (C=O) groups is 1. The fraction of sp³-hybridized carbons (Fsp3) is 0.462. The molecule has 1 aromatic carbocycles. The SMILES string of the molecule is CN1CCN(Cc2ccccc2C(=O)[O-])CC1.[Li+]. The molecule has 1 heterocycles. The second-order valence-electron chi connectivity index (χ2n) is 4.52. The van der Waals surface area contributed by atoms with Crippen LogP contribution in [0.15, 0.2) is 24.3 Å². The van der Waals surface area contributed by atoms with Gasteiger partial charge in [-0.15, -0.1) is 0 Å². The van der Waals surface area contributed by atoms with E-state index >= 15 is 0 Å². The third kappa shape index (κ3) is 3.86. The van der Waals surface area contributed by atoms with Crippen LogP contribution in [0, 0.1) is 0 Å². The molecule has 0 radical (unpaired) electrons. The predicted octanol–water partition coefficient (Wildman–Crippen LogP) is -3.20. The Morgan fingerprint density at radius 3 is 2.44 bits per heavy atom. The molecule has 92 valence electrons. The summed E-state index contributed by atoms with van der Waals surface area (Å²) in [5, 5.41) is 11.0. The average molecular weight is 240 g/mol. The summed E-state index contributed by atoms with van der Waals surface area (Å²) in [5.41, 5.74) is 1.16. The first-order valence-electron chi connectivity index (χ1n) is 5.87. The summed E-state index contributed by atoms with van der Waals surface area (Å²) in [6.07, 6.45) is 0. The van der Waals surface area contributed by atoms with Crippen LogP contribution < -0.4 is 24.0 Å². The first kappa shape index (κ1) is 15.3. The van der Waals surface area contributed by atoms with Gasteiger partial charge in [-0.2, -0.15) is 0 Å². The zero-order chi connectivity index (χ0) is 12.3. The summed E-state index contributed by atoms with van der Waals surface area (Å²) in [6, 6.07) is 7.08. The average Bonchev–Trinajstić information content (AvgIpc) is 2.32. The standard InChI is InChI=1S/C13H18N2O2.Li/c1-14-6-8-15(9-7-14)10-11-4-2-3-5-12(11)13(16)17;/h2-5H,6-10H2,1H3,(H,16,17);/q;+1/p-1. The van der Waals surface area contributed by atoms with Crippen molar-refractivity contribution in [2.45, 2.75) is 6.54 Å². The first-order chi connectivity index (χ1) is 8.16. The van der Waals surface area contributed by atoms with Gasteiger partial charge in [-0.05, 0) is 12.6 Å². The number of benzene rings is 1. The van der Waals surface area contributed by atoms with Crippen molar-refractivity contribution in [3.05, 3.63) is 35.4 Å². The van der Waals surface area contributed by atoms with E-state index < -0.39 is 5.97 Å². The van der Waals surface area contributed by atoms with Gasteiger partial charge in [0.1, 0.15) is 0 Å². The van der Waals surface area contributed by atoms with Gasteiger partial charge in [0.15, 0.2) is 0 Å². The fourth-order valence-corrected chi connectivity index (χ4v) is 2.10. The van der Waals surface area contributed by atoms with Gasteiger partial charge in [0.05, 0.1) is 5.97 Å². The molecule has 0 atom stereocenters. The number of likely N-dealkylation sites (N-methyl/N-ethyl adjacent to an activating group) is 1. The summed E-state index contributed by atoms with van der Waals surface area (Å²) in [6.45, 7) is 4.73. The zero-order valence-electron chi connectivity index (χ0n) is 11.1. The molecule has 1 aliphatic rings. The van der Waals surface area contributed by atoms with E-state index in [0.29, 0.717) is 12.1 Å². The fourth-order valence-electron chi connectivity index (χ4n) is 2.10. The Labute approximate surface area is 120 Å². The minimum atomic E-state index is -1.09. The van der Waals surface area contributed by atoms with Gasteiger partial charge >= 0.3 is 18.9 Å². The Morgan fingerprint density at radius 2 is 1.83 bits per heavy atom. The van der Waals surface area contributed by atoms with Crippen LogP contribution in [0.1, 0.15) is 15.9 Å². The number of rotatable bonds is 3. The summed E-state index contributed by atoms with van der Waals surface area (Å²) in [4.78, 5) is 15.5. The van der Waals surface area contributed by atoms with Crippen LogP contribution in [0.4, 0.5) is 0 Å². The van der Waals surface area contributed by atoms with Gasteiger partial charge in [-0.1, -0.05) is 24.3 Å². The van der Waals surface area contributed by atoms with Gasteiger partial charge in [-0.3, -0.25) is 4.90 Å². The normalized spacial score (nSPS) is 17.2. The Kier molecular flexibility index (Phi) is 5.90. The van der Waals surface area contributed by atoms with Crippen molar-refractivity contribution in [1.82, 2.24) is 9.80 Å². The molecule has 0 bridgehead atoms. The van der Waals surface area contributed by atoms with Crippen LogP contribution in [0.5, 0.6) is 0 Å². The number of nitrogens with zero attached hydrogens (tertiary/aromatic N) is 2. The monoisotopic (exact) mass is 240 g/mol. The van der Waals surface area contributed by atoms with Crippen LogP contribution >= 0.6 is 0 Å². The van der Waals surface area contributed by atoms with Crippen LogP contribution in [0.25, 0.3) is 0 Å². The summed E-state index contributed by atoms with van der Waals surface area (Å²) in [5.74, 6) is -1.09. The first-order valence-corrected chi connectivity index (χ1v) is 5.87. The van der Waals surface area contributed by atoms with E-state index in [-0.39, 0.29) is 18.9 Å². The number of carbonyl (C=O) groups excluding carboxylic acids is 1. The summed E-state index contributed by atoms with van der Waals surface area (Å²) < 4.78 is 0. The van der Waals surface area contributed by atoms with Gasteiger partial charge in [0, 0.05) is 38.3 Å². The van der Waals surface area contributed by atoms with Crippen molar-refractivity contribution in [3.8, 4) is 0 Å². The third-order valence-electron chi connectivity index (χ3n) is 3.23. The molecule has 0 spiro atoms. The minimum absolute atomic E-state index is 0. The molecular formula is C13H17LiN2O2. The van der Waals surface area contributed by atoms with Gasteiger partial charge in [0.25, 0.3) is 0 Å². The van der Waals surface area contributed by atoms with Crippen molar-refractivity contribution in [1.29, 1.82) is 0 Å². The molecule has 4 nitrogen and oxygen atoms in total. The molecule has 5 heteroatoms. The maximum absolute atomic E-state index is 11.0. The van der Waals surface area contributed by atoms with Crippen molar-refractivity contribution >= 4 is 5.97 Å². The number of carboxylic acids is 1. The summed E-state index contributed by atoms with van der Waals surface area (Å²) >= 11 is 0. The van der Waals surface area contributed by atoms with E-state index in [0.717, 1.165) is 31.7 Å². The molecule has 0 aliphatic carbocycles. The quantitative estimate of drug-likeness (QED) is 0.522. The Morgan fingerprint density at radius 1 is 1.22 bits per heavy atom. The number of hydrogen-bond donors (Lipinski definition) is 0. The van der Waals surface area contributed by atoms with Crippen LogP contribution in [0.2, 0.25) is 0 Å². The molecule has 0 amide bonds. The third-order valence-corrected chi connectivity index (χ3v) is 3.23. The second kappa shape index (κ2) is 6.96. The Balaban J connectivity index is 0.00000162. The number of carboxylic acid groups (broad SMARTS) is 1. The molecule has 1 saturated heterocycles. The van der Waals surface area contributed by atoms with E-state index in [1.165, 1.54) is 0 Å². The molecule has 0 aromatic heterocycles. The molecule has 18 heavy (non-hydrogen) atoms. The van der Waals surface area contributed by atoms with Crippen LogP contribution in [-0.2, 0) is 6.54 Å². The maximum atomic E-state index is 11.0. The van der Waals surface area contributed by atoms with Crippen molar-refractivity contribution in [3.63, 3.8) is 0 Å². The molecule has 0 saturated carbocycles. The van der Waals surface area contributed by atoms with Crippen molar-refractivity contribution in [2.24, 2.45) is 0 Å². The van der Waals surface area contributed by atoms with Crippen molar-refractivity contribution in [2.75, 3.05) is 33.2 Å². The zero-order valence-corrected chi connectivity index (χ0v) is 11.1. The van der Waals surface area contributed by atoms with E-state index in [4.69, 9.17) is 0 Å². The number of hydrogen-bond acceptors (Lipinski definition) is 4. The van der Waals surface area contributed by atoms with E-state index in [1.807, 2.05) is 12.1 Å². The topological polar surface area (TPSA) is 46.6 Å². The molecule has 0 N–H and O–H groups in total. The van der Waals surface area contributed by atoms with E-state index in [2.05, 4.69) is 16.8 Å². The molecule has 1 aliphatic heterocycles. The van der Waals surface area contributed by atoms with E-state index in [1.54, 1.807) is 12.1 Å². The Bertz CT molecular complexity index is 404. The molecule has 0 unspecified atom stereocenters. The largest absolute Gasteiger partial charge is 1.00 e. The summed E-state index contributed by atoms with van der Waals surface area (Å²) in [7, 11) is 2.10. The van der Waals surface area contributed by atoms with Gasteiger partial charge in [0.2, 0.25) is 0 Å². The molecular weight excluding hydrogens is 223 g/mol. The molecule has 2 rings (SSSR count). The van der Waals surface area contributed by atoms with Crippen LogP contribution in [-0.4, -0.2) is 49.0 Å². The van der Waals surface area contributed by atoms with Gasteiger partial charge in [-0.25, -0.2) is 0 Å². The van der Waals surface area contributed by atoms with E-state index in [9.17, 15) is 9.90 Å². The number of aromatic carboxylic acids is 1. The minimum Gasteiger partial charge on any atom is -0.545 e. The maximum Gasteiger partial charge on any atom is 1.00 e. The van der Waals surface area contributed by atoms with Gasteiger partial charge < -0.3 is 14.8 Å². The predicted molar refractivity (Wildman–Crippen MR) is 63.5 cm³/mol. The Hall–Kier alpha value is -0.793. The van der Waals surface area contributed by atoms with Crippen LogP contribution in [0.3, 0.4) is 0 Å².